The maximum atomic E-state index is 12.6. The second kappa shape index (κ2) is 7.22. The van der Waals surface area contributed by atoms with Gasteiger partial charge in [-0.3, -0.25) is 4.79 Å². The average Bonchev–Trinajstić information content (AvgIpc) is 3.52. The van der Waals surface area contributed by atoms with E-state index in [2.05, 4.69) is 0 Å². The van der Waals surface area contributed by atoms with Gasteiger partial charge in [-0.2, -0.15) is 0 Å². The largest absolute Gasteiger partial charge is 0.497 e. The van der Waals surface area contributed by atoms with Gasteiger partial charge < -0.3 is 14.0 Å². The van der Waals surface area contributed by atoms with Gasteiger partial charge in [-0.1, -0.05) is 0 Å². The number of methoxy groups -OCH3 is 1. The number of benzene rings is 2. The Morgan fingerprint density at radius 2 is 1.83 bits per heavy atom. The molecule has 0 N–H and O–H groups in total. The Hall–Kier alpha value is -2.80. The molecule has 0 atom stereocenters. The molecule has 1 heterocycles. The van der Waals surface area contributed by atoms with Crippen LogP contribution < -0.4 is 15.0 Å². The molecule has 29 heavy (non-hydrogen) atoms. The van der Waals surface area contributed by atoms with Gasteiger partial charge in [0.05, 0.1) is 18.6 Å². The second-order valence-electron chi connectivity index (χ2n) is 7.55. The second-order valence-corrected chi connectivity index (χ2v) is 9.57. The van der Waals surface area contributed by atoms with Crippen LogP contribution in [-0.2, 0) is 16.9 Å². The number of pyridine rings is 1. The van der Waals surface area contributed by atoms with Gasteiger partial charge in [-0.05, 0) is 55.2 Å². The fourth-order valence-electron chi connectivity index (χ4n) is 3.35. The zero-order chi connectivity index (χ0) is 20.8. The van der Waals surface area contributed by atoms with Gasteiger partial charge in [-0.25, -0.2) is 8.42 Å². The van der Waals surface area contributed by atoms with Crippen LogP contribution in [0.4, 0.5) is 0 Å². The predicted octanol–water partition coefficient (Wildman–Crippen LogP) is 3.41. The first-order valence-electron chi connectivity index (χ1n) is 9.42. The Bertz CT molecular complexity index is 1260. The third-order valence-corrected chi connectivity index (χ3v) is 6.34. The third-order valence-electron chi connectivity index (χ3n) is 5.23. The highest BCUT2D eigenvalue weighted by atomic mass is 32.2. The quantitative estimate of drug-likeness (QED) is 0.619. The molecule has 3 aromatic rings. The fourth-order valence-corrected chi connectivity index (χ4v) is 4.00. The SMILES string of the molecule is COc1ccc2c(=O)n(C)cc(-c3cc(S(C)(=O)=O)ccc3OCC3CC3)c2c1. The van der Waals surface area contributed by atoms with E-state index in [-0.39, 0.29) is 10.5 Å². The van der Waals surface area contributed by atoms with E-state index < -0.39 is 9.84 Å². The Morgan fingerprint density at radius 3 is 2.48 bits per heavy atom. The molecule has 1 saturated carbocycles. The molecule has 0 saturated heterocycles. The summed E-state index contributed by atoms with van der Waals surface area (Å²) in [5.41, 5.74) is 1.23. The Balaban J connectivity index is 1.99. The molecular weight excluding hydrogens is 390 g/mol. The molecule has 1 aliphatic rings. The number of ether oxygens (including phenoxy) is 2. The molecule has 0 radical (unpaired) electrons. The number of rotatable bonds is 6. The molecule has 4 rings (SSSR count). The van der Waals surface area contributed by atoms with Crippen LogP contribution in [0, 0.1) is 5.92 Å². The van der Waals surface area contributed by atoms with Crippen molar-refractivity contribution in [3.8, 4) is 22.6 Å². The molecule has 2 aromatic carbocycles. The van der Waals surface area contributed by atoms with Crippen LogP contribution in [0.5, 0.6) is 11.5 Å². The number of fused-ring (bicyclic) bond motifs is 1. The van der Waals surface area contributed by atoms with E-state index in [4.69, 9.17) is 9.47 Å². The van der Waals surface area contributed by atoms with Crippen molar-refractivity contribution >= 4 is 20.6 Å². The van der Waals surface area contributed by atoms with Gasteiger partial charge in [0.25, 0.3) is 5.56 Å². The van der Waals surface area contributed by atoms with Crippen LogP contribution in [0.1, 0.15) is 12.8 Å². The summed E-state index contributed by atoms with van der Waals surface area (Å²) in [5, 5.41) is 1.22. The summed E-state index contributed by atoms with van der Waals surface area (Å²) in [4.78, 5) is 12.8. The summed E-state index contributed by atoms with van der Waals surface area (Å²) in [6.07, 6.45) is 5.20. The normalized spacial score (nSPS) is 14.2. The lowest BCUT2D eigenvalue weighted by atomic mass is 9.99. The van der Waals surface area contributed by atoms with Crippen molar-refractivity contribution in [2.75, 3.05) is 20.0 Å². The lowest BCUT2D eigenvalue weighted by Gasteiger charge is -2.16. The molecule has 0 bridgehead atoms. The summed E-state index contributed by atoms with van der Waals surface area (Å²) >= 11 is 0. The van der Waals surface area contributed by atoms with Crippen molar-refractivity contribution in [2.24, 2.45) is 13.0 Å². The molecule has 1 aliphatic carbocycles. The first-order chi connectivity index (χ1) is 13.8. The lowest BCUT2D eigenvalue weighted by molar-refractivity contribution is 0.301. The number of aromatic nitrogens is 1. The van der Waals surface area contributed by atoms with E-state index in [1.54, 1.807) is 56.8 Å². The molecule has 0 unspecified atom stereocenters. The molecule has 1 fully saturated rings. The highest BCUT2D eigenvalue weighted by Crippen LogP contribution is 2.38. The number of hydrogen-bond acceptors (Lipinski definition) is 5. The van der Waals surface area contributed by atoms with Crippen LogP contribution in [0.25, 0.3) is 21.9 Å². The zero-order valence-corrected chi connectivity index (χ0v) is 17.5. The summed E-state index contributed by atoms with van der Waals surface area (Å²) in [6.45, 7) is 0.595. The molecular formula is C22H23NO5S. The van der Waals surface area contributed by atoms with Crippen molar-refractivity contribution in [3.05, 3.63) is 52.9 Å². The first-order valence-corrected chi connectivity index (χ1v) is 11.3. The molecule has 152 valence electrons. The third kappa shape index (κ3) is 3.87. The Labute approximate surface area is 169 Å². The van der Waals surface area contributed by atoms with Gasteiger partial charge in [-0.15, -0.1) is 0 Å². The smallest absolute Gasteiger partial charge is 0.258 e. The summed E-state index contributed by atoms with van der Waals surface area (Å²) in [7, 11) is -0.155. The number of sulfone groups is 1. The van der Waals surface area contributed by atoms with E-state index in [0.717, 1.165) is 18.4 Å². The van der Waals surface area contributed by atoms with Crippen molar-refractivity contribution < 1.29 is 17.9 Å². The van der Waals surface area contributed by atoms with E-state index in [1.807, 2.05) is 0 Å². The molecule has 0 amide bonds. The summed E-state index contributed by atoms with van der Waals surface area (Å²) in [6, 6.07) is 10.1. The van der Waals surface area contributed by atoms with Crippen molar-refractivity contribution in [1.82, 2.24) is 4.57 Å². The van der Waals surface area contributed by atoms with Gasteiger partial charge in [0, 0.05) is 41.4 Å². The molecule has 0 aliphatic heterocycles. The molecule has 7 heteroatoms. The standard InChI is InChI=1S/C22H23NO5S/c1-23-12-20(18-10-15(27-2)6-8-17(18)22(23)24)19-11-16(29(3,25)26)7-9-21(19)28-13-14-4-5-14/h6-12,14H,4-5,13H2,1-3H3. The van der Waals surface area contributed by atoms with Crippen LogP contribution in [0.2, 0.25) is 0 Å². The average molecular weight is 413 g/mol. The number of nitrogens with zero attached hydrogens (tertiary/aromatic N) is 1. The zero-order valence-electron chi connectivity index (χ0n) is 16.6. The Morgan fingerprint density at radius 1 is 1.07 bits per heavy atom. The predicted molar refractivity (Wildman–Crippen MR) is 113 cm³/mol. The van der Waals surface area contributed by atoms with Crippen LogP contribution in [0.15, 0.2) is 52.3 Å². The van der Waals surface area contributed by atoms with Crippen LogP contribution >= 0.6 is 0 Å². The summed E-state index contributed by atoms with van der Waals surface area (Å²) in [5.74, 6) is 1.77. The van der Waals surface area contributed by atoms with Gasteiger partial charge in [0.2, 0.25) is 0 Å². The Kier molecular flexibility index (Phi) is 4.86. The van der Waals surface area contributed by atoms with Gasteiger partial charge >= 0.3 is 0 Å². The molecule has 6 nitrogen and oxygen atoms in total. The maximum Gasteiger partial charge on any atom is 0.258 e. The highest BCUT2D eigenvalue weighted by Gasteiger charge is 2.23. The minimum atomic E-state index is -3.40. The minimum Gasteiger partial charge on any atom is -0.497 e. The molecule has 1 aromatic heterocycles. The van der Waals surface area contributed by atoms with Gasteiger partial charge in [0.1, 0.15) is 11.5 Å². The lowest BCUT2D eigenvalue weighted by Crippen LogP contribution is -2.16. The van der Waals surface area contributed by atoms with Gasteiger partial charge in [0.15, 0.2) is 9.84 Å². The van der Waals surface area contributed by atoms with E-state index in [9.17, 15) is 13.2 Å². The van der Waals surface area contributed by atoms with Crippen LogP contribution in [-0.4, -0.2) is 33.0 Å². The van der Waals surface area contributed by atoms with E-state index in [1.165, 1.54) is 10.8 Å². The summed E-state index contributed by atoms with van der Waals surface area (Å²) < 4.78 is 37.2. The highest BCUT2D eigenvalue weighted by molar-refractivity contribution is 7.90. The number of hydrogen-bond donors (Lipinski definition) is 0. The topological polar surface area (TPSA) is 74.6 Å². The van der Waals surface area contributed by atoms with E-state index >= 15 is 0 Å². The van der Waals surface area contributed by atoms with Crippen molar-refractivity contribution in [1.29, 1.82) is 0 Å². The monoisotopic (exact) mass is 413 g/mol. The minimum absolute atomic E-state index is 0.133. The van der Waals surface area contributed by atoms with Crippen molar-refractivity contribution in [3.63, 3.8) is 0 Å². The maximum absolute atomic E-state index is 12.6. The first kappa shape index (κ1) is 19.5. The van der Waals surface area contributed by atoms with Crippen molar-refractivity contribution in [2.45, 2.75) is 17.7 Å². The molecule has 0 spiro atoms. The fraction of sp³-hybridized carbons (Fsp3) is 0.318. The number of aryl methyl sites for hydroxylation is 1. The van der Waals surface area contributed by atoms with E-state index in [0.29, 0.717) is 40.4 Å². The van der Waals surface area contributed by atoms with Crippen LogP contribution in [0.3, 0.4) is 0 Å².